The molecular formula is C13H14Cl2O. The number of benzene rings is 1. The predicted molar refractivity (Wildman–Crippen MR) is 67.9 cm³/mol. The Bertz CT molecular complexity index is 401. The fourth-order valence-corrected chi connectivity index (χ4v) is 2.51. The van der Waals surface area contributed by atoms with Crippen LogP contribution in [0.3, 0.4) is 0 Å². The second-order valence-corrected chi connectivity index (χ2v) is 5.00. The van der Waals surface area contributed by atoms with Crippen LogP contribution in [0.2, 0.25) is 10.0 Å². The van der Waals surface area contributed by atoms with Crippen molar-refractivity contribution in [3.05, 3.63) is 46.0 Å². The van der Waals surface area contributed by atoms with Crippen LogP contribution in [0.1, 0.15) is 30.9 Å². The van der Waals surface area contributed by atoms with Crippen molar-refractivity contribution >= 4 is 23.2 Å². The Hall–Kier alpha value is -0.500. The maximum atomic E-state index is 10.3. The highest BCUT2D eigenvalue weighted by Gasteiger charge is 2.23. The summed E-state index contributed by atoms with van der Waals surface area (Å²) in [6.07, 6.45) is 6.69. The van der Waals surface area contributed by atoms with Crippen LogP contribution in [0.4, 0.5) is 0 Å². The maximum absolute atomic E-state index is 10.3. The molecule has 3 heteroatoms. The number of aliphatic hydroxyl groups is 1. The van der Waals surface area contributed by atoms with Crippen LogP contribution >= 0.6 is 23.2 Å². The van der Waals surface area contributed by atoms with Crippen molar-refractivity contribution in [3.8, 4) is 0 Å². The molecule has 0 amide bonds. The van der Waals surface area contributed by atoms with Gasteiger partial charge in [-0.25, -0.2) is 0 Å². The lowest BCUT2D eigenvalue weighted by atomic mass is 9.86. The van der Waals surface area contributed by atoms with E-state index in [1.165, 1.54) is 0 Å². The first kappa shape index (κ1) is 12.0. The van der Waals surface area contributed by atoms with Crippen molar-refractivity contribution in [1.82, 2.24) is 0 Å². The highest BCUT2D eigenvalue weighted by molar-refractivity contribution is 6.33. The topological polar surface area (TPSA) is 20.2 Å². The van der Waals surface area contributed by atoms with Crippen molar-refractivity contribution in [1.29, 1.82) is 0 Å². The highest BCUT2D eigenvalue weighted by atomic mass is 35.5. The number of aliphatic hydroxyl groups excluding tert-OH is 1. The average molecular weight is 257 g/mol. The first-order valence-corrected chi connectivity index (χ1v) is 6.22. The minimum Gasteiger partial charge on any atom is -0.388 e. The van der Waals surface area contributed by atoms with Crippen LogP contribution in [0.5, 0.6) is 0 Å². The summed E-state index contributed by atoms with van der Waals surface area (Å²) in [5.41, 5.74) is 0.745. The van der Waals surface area contributed by atoms with Crippen molar-refractivity contribution in [2.75, 3.05) is 0 Å². The number of rotatable bonds is 2. The fourth-order valence-electron chi connectivity index (χ4n) is 2.10. The van der Waals surface area contributed by atoms with Crippen molar-refractivity contribution < 1.29 is 5.11 Å². The molecule has 0 saturated carbocycles. The SMILES string of the molecule is OC(c1cc(Cl)ccc1Cl)C1CC=CCC1. The average Bonchev–Trinajstić information content (AvgIpc) is 2.32. The van der Waals surface area contributed by atoms with Gasteiger partial charge < -0.3 is 5.11 Å². The van der Waals surface area contributed by atoms with E-state index < -0.39 is 6.10 Å². The van der Waals surface area contributed by atoms with Gasteiger partial charge in [0, 0.05) is 15.6 Å². The minimum absolute atomic E-state index is 0.251. The molecule has 0 saturated heterocycles. The zero-order valence-corrected chi connectivity index (χ0v) is 10.4. The lowest BCUT2D eigenvalue weighted by Gasteiger charge is -2.24. The summed E-state index contributed by atoms with van der Waals surface area (Å²) in [5.74, 6) is 0.251. The molecule has 1 aliphatic rings. The van der Waals surface area contributed by atoms with Crippen molar-refractivity contribution in [3.63, 3.8) is 0 Å². The lowest BCUT2D eigenvalue weighted by molar-refractivity contribution is 0.103. The van der Waals surface area contributed by atoms with E-state index in [0.717, 1.165) is 24.8 Å². The van der Waals surface area contributed by atoms with Gasteiger partial charge in [0.1, 0.15) is 0 Å². The molecule has 0 heterocycles. The summed E-state index contributed by atoms with van der Waals surface area (Å²) < 4.78 is 0. The third kappa shape index (κ3) is 2.60. The molecule has 0 fully saturated rings. The monoisotopic (exact) mass is 256 g/mol. The minimum atomic E-state index is -0.517. The first-order chi connectivity index (χ1) is 7.68. The molecule has 1 nitrogen and oxygen atoms in total. The van der Waals surface area contributed by atoms with Crippen LogP contribution < -0.4 is 0 Å². The molecule has 2 atom stereocenters. The fraction of sp³-hybridized carbons (Fsp3) is 0.385. The normalized spacial score (nSPS) is 22.1. The molecule has 0 bridgehead atoms. The van der Waals surface area contributed by atoms with Crippen molar-refractivity contribution in [2.45, 2.75) is 25.4 Å². The van der Waals surface area contributed by atoms with Crippen LogP contribution in [-0.4, -0.2) is 5.11 Å². The summed E-state index contributed by atoms with van der Waals surface area (Å²) in [7, 11) is 0. The summed E-state index contributed by atoms with van der Waals surface area (Å²) in [5, 5.41) is 11.5. The first-order valence-electron chi connectivity index (χ1n) is 5.46. The van der Waals surface area contributed by atoms with Gasteiger partial charge in [-0.3, -0.25) is 0 Å². The third-order valence-corrected chi connectivity index (χ3v) is 3.61. The van der Waals surface area contributed by atoms with Gasteiger partial charge in [0.15, 0.2) is 0 Å². The molecule has 0 spiro atoms. The molecule has 1 aromatic carbocycles. The summed E-state index contributed by atoms with van der Waals surface area (Å²) >= 11 is 12.0. The van der Waals surface area contributed by atoms with Gasteiger partial charge >= 0.3 is 0 Å². The van der Waals surface area contributed by atoms with Gasteiger partial charge in [0.2, 0.25) is 0 Å². The number of hydrogen-bond acceptors (Lipinski definition) is 1. The second-order valence-electron chi connectivity index (χ2n) is 4.16. The van der Waals surface area contributed by atoms with Crippen LogP contribution in [0.15, 0.2) is 30.4 Å². The number of allylic oxidation sites excluding steroid dienone is 2. The smallest absolute Gasteiger partial charge is 0.0836 e. The Morgan fingerprint density at radius 3 is 2.75 bits per heavy atom. The zero-order valence-electron chi connectivity index (χ0n) is 8.87. The Morgan fingerprint density at radius 1 is 1.25 bits per heavy atom. The standard InChI is InChI=1S/C13H14Cl2O/c14-10-6-7-12(15)11(8-10)13(16)9-4-2-1-3-5-9/h1-2,6-9,13,16H,3-5H2. The Labute approximate surface area is 106 Å². The quantitative estimate of drug-likeness (QED) is 0.779. The van der Waals surface area contributed by atoms with Crippen molar-refractivity contribution in [2.24, 2.45) is 5.92 Å². The Balaban J connectivity index is 2.22. The second kappa shape index (κ2) is 5.22. The molecule has 2 rings (SSSR count). The zero-order chi connectivity index (χ0) is 11.5. The Morgan fingerprint density at radius 2 is 2.06 bits per heavy atom. The maximum Gasteiger partial charge on any atom is 0.0836 e. The molecule has 16 heavy (non-hydrogen) atoms. The Kier molecular flexibility index (Phi) is 3.91. The molecule has 0 aromatic heterocycles. The van der Waals surface area contributed by atoms with E-state index in [2.05, 4.69) is 12.2 Å². The molecular weight excluding hydrogens is 243 g/mol. The van der Waals surface area contributed by atoms with Crippen LogP contribution in [0.25, 0.3) is 0 Å². The van der Waals surface area contributed by atoms with Gasteiger partial charge in [-0.2, -0.15) is 0 Å². The summed E-state index contributed by atoms with van der Waals surface area (Å²) in [6.45, 7) is 0. The summed E-state index contributed by atoms with van der Waals surface area (Å²) in [6, 6.07) is 5.23. The van der Waals surface area contributed by atoms with Crippen LogP contribution in [0, 0.1) is 5.92 Å². The van der Waals surface area contributed by atoms with Gasteiger partial charge in [-0.15, -0.1) is 0 Å². The molecule has 86 valence electrons. The van der Waals surface area contributed by atoms with Gasteiger partial charge in [-0.05, 0) is 43.4 Å². The third-order valence-electron chi connectivity index (χ3n) is 3.03. The molecule has 1 aliphatic carbocycles. The van der Waals surface area contributed by atoms with Gasteiger partial charge in [0.25, 0.3) is 0 Å². The number of hydrogen-bond donors (Lipinski definition) is 1. The van der Waals surface area contributed by atoms with E-state index in [1.54, 1.807) is 18.2 Å². The molecule has 1 N–H and O–H groups in total. The number of halogens is 2. The molecule has 2 unspecified atom stereocenters. The molecule has 0 radical (unpaired) electrons. The molecule has 1 aromatic rings. The largest absolute Gasteiger partial charge is 0.388 e. The predicted octanol–water partition coefficient (Wildman–Crippen LogP) is 4.38. The lowest BCUT2D eigenvalue weighted by Crippen LogP contribution is -2.14. The van der Waals surface area contributed by atoms with Gasteiger partial charge in [0.05, 0.1) is 6.10 Å². The molecule has 0 aliphatic heterocycles. The van der Waals surface area contributed by atoms with E-state index in [4.69, 9.17) is 23.2 Å². The van der Waals surface area contributed by atoms with E-state index in [-0.39, 0.29) is 5.92 Å². The van der Waals surface area contributed by atoms with E-state index in [9.17, 15) is 5.11 Å². The van der Waals surface area contributed by atoms with E-state index >= 15 is 0 Å². The highest BCUT2D eigenvalue weighted by Crippen LogP contribution is 2.35. The van der Waals surface area contributed by atoms with E-state index in [1.807, 2.05) is 0 Å². The van der Waals surface area contributed by atoms with Crippen LogP contribution in [-0.2, 0) is 0 Å². The van der Waals surface area contributed by atoms with E-state index in [0.29, 0.717) is 10.0 Å². The van der Waals surface area contributed by atoms with Gasteiger partial charge in [-0.1, -0.05) is 35.4 Å². The summed E-state index contributed by atoms with van der Waals surface area (Å²) in [4.78, 5) is 0.